The molecule has 2 aromatic carbocycles. The van der Waals surface area contributed by atoms with Crippen molar-refractivity contribution < 1.29 is 14.3 Å². The van der Waals surface area contributed by atoms with Crippen LogP contribution in [0.1, 0.15) is 31.4 Å². The zero-order valence-corrected chi connectivity index (χ0v) is 17.2. The molecule has 1 atom stereocenters. The van der Waals surface area contributed by atoms with Gasteiger partial charge in [0.2, 0.25) is 0 Å². The molecule has 1 aliphatic rings. The summed E-state index contributed by atoms with van der Waals surface area (Å²) >= 11 is 0. The lowest BCUT2D eigenvalue weighted by atomic mass is 9.95. The lowest BCUT2D eigenvalue weighted by Crippen LogP contribution is -2.34. The predicted octanol–water partition coefficient (Wildman–Crippen LogP) is 3.80. The Morgan fingerprint density at radius 3 is 2.45 bits per heavy atom. The molecule has 2 N–H and O–H groups in total. The van der Waals surface area contributed by atoms with E-state index in [1.807, 2.05) is 30.3 Å². The van der Waals surface area contributed by atoms with Crippen molar-refractivity contribution in [1.29, 1.82) is 0 Å². The van der Waals surface area contributed by atoms with Crippen LogP contribution in [0.25, 0.3) is 0 Å². The second-order valence-corrected chi connectivity index (χ2v) is 7.54. The molecule has 3 rings (SSSR count). The molecule has 5 heteroatoms. The third kappa shape index (κ3) is 6.17. The average Bonchev–Trinajstić information content (AvgIpc) is 3.15. The van der Waals surface area contributed by atoms with Crippen molar-refractivity contribution in [1.82, 2.24) is 10.9 Å². The molecule has 5 nitrogen and oxygen atoms in total. The number of carbonyl (C=O) groups is 1. The van der Waals surface area contributed by atoms with Gasteiger partial charge in [0, 0.05) is 12.1 Å². The van der Waals surface area contributed by atoms with E-state index in [0.29, 0.717) is 25.7 Å². The summed E-state index contributed by atoms with van der Waals surface area (Å²) in [6.07, 6.45) is 2.54. The Labute approximate surface area is 173 Å². The lowest BCUT2D eigenvalue weighted by Gasteiger charge is -2.12. The van der Waals surface area contributed by atoms with Crippen LogP contribution in [0.5, 0.6) is 5.75 Å². The number of aldehydes is 1. The predicted molar refractivity (Wildman–Crippen MR) is 114 cm³/mol. The van der Waals surface area contributed by atoms with Crippen LogP contribution >= 0.6 is 0 Å². The Balaban J connectivity index is 1.42. The Kier molecular flexibility index (Phi) is 7.85. The van der Waals surface area contributed by atoms with Gasteiger partial charge in [0.05, 0.1) is 19.8 Å². The summed E-state index contributed by atoms with van der Waals surface area (Å²) in [5.74, 6) is 1.19. The molecule has 0 aromatic heterocycles. The highest BCUT2D eigenvalue weighted by Crippen LogP contribution is 2.23. The van der Waals surface area contributed by atoms with E-state index in [2.05, 4.69) is 49.0 Å². The number of hydrogen-bond donors (Lipinski definition) is 2. The molecule has 0 fully saturated rings. The monoisotopic (exact) mass is 394 g/mol. The van der Waals surface area contributed by atoms with Gasteiger partial charge in [-0.2, -0.15) is 0 Å². The Hall–Kier alpha value is -2.63. The minimum Gasteiger partial charge on any atom is -0.494 e. The van der Waals surface area contributed by atoms with Gasteiger partial charge >= 0.3 is 0 Å². The number of hydrazine groups is 1. The van der Waals surface area contributed by atoms with Crippen molar-refractivity contribution in [3.05, 3.63) is 77.0 Å². The number of ether oxygens (including phenoxy) is 2. The van der Waals surface area contributed by atoms with E-state index in [4.69, 9.17) is 9.47 Å². The SMILES string of the molecule is CC(C)C1=C(Cc2ccc(OCCCOCc3ccccc3)cc2)C(C=O)NN1. The lowest BCUT2D eigenvalue weighted by molar-refractivity contribution is -0.108. The third-order valence-corrected chi connectivity index (χ3v) is 4.93. The van der Waals surface area contributed by atoms with Crippen LogP contribution in [0.3, 0.4) is 0 Å². The van der Waals surface area contributed by atoms with Gasteiger partial charge in [-0.3, -0.25) is 0 Å². The molecule has 0 aliphatic carbocycles. The Bertz CT molecular complexity index is 801. The Morgan fingerprint density at radius 2 is 1.76 bits per heavy atom. The molecule has 1 aliphatic heterocycles. The van der Waals surface area contributed by atoms with E-state index in [0.717, 1.165) is 41.7 Å². The maximum Gasteiger partial charge on any atom is 0.142 e. The molecule has 0 saturated heterocycles. The molecular weight excluding hydrogens is 364 g/mol. The highest BCUT2D eigenvalue weighted by atomic mass is 16.5. The first-order chi connectivity index (χ1) is 14.2. The smallest absolute Gasteiger partial charge is 0.142 e. The number of rotatable bonds is 11. The average molecular weight is 395 g/mol. The molecule has 0 radical (unpaired) electrons. The van der Waals surface area contributed by atoms with Crippen molar-refractivity contribution in [2.24, 2.45) is 5.92 Å². The van der Waals surface area contributed by atoms with Gasteiger partial charge in [-0.05, 0) is 41.2 Å². The fraction of sp³-hybridized carbons (Fsp3) is 0.375. The second-order valence-electron chi connectivity index (χ2n) is 7.54. The van der Waals surface area contributed by atoms with E-state index in [9.17, 15) is 4.79 Å². The molecule has 29 heavy (non-hydrogen) atoms. The largest absolute Gasteiger partial charge is 0.494 e. The van der Waals surface area contributed by atoms with Gasteiger partial charge in [-0.1, -0.05) is 56.3 Å². The maximum atomic E-state index is 11.3. The van der Waals surface area contributed by atoms with Crippen molar-refractivity contribution >= 4 is 6.29 Å². The van der Waals surface area contributed by atoms with E-state index in [1.165, 1.54) is 5.56 Å². The minimum absolute atomic E-state index is 0.265. The molecule has 0 saturated carbocycles. The van der Waals surface area contributed by atoms with Crippen LogP contribution in [-0.2, 0) is 22.6 Å². The third-order valence-electron chi connectivity index (χ3n) is 4.93. The molecule has 2 aromatic rings. The van der Waals surface area contributed by atoms with Crippen molar-refractivity contribution in [2.45, 2.75) is 39.3 Å². The van der Waals surface area contributed by atoms with E-state index in [1.54, 1.807) is 0 Å². The summed E-state index contributed by atoms with van der Waals surface area (Å²) in [7, 11) is 0. The summed E-state index contributed by atoms with van der Waals surface area (Å²) in [5, 5.41) is 0. The zero-order chi connectivity index (χ0) is 20.5. The highest BCUT2D eigenvalue weighted by Gasteiger charge is 2.25. The molecule has 1 heterocycles. The molecule has 0 bridgehead atoms. The van der Waals surface area contributed by atoms with Gasteiger partial charge in [0.1, 0.15) is 18.1 Å². The fourth-order valence-corrected chi connectivity index (χ4v) is 3.37. The molecule has 0 amide bonds. The molecular formula is C24H30N2O3. The fourth-order valence-electron chi connectivity index (χ4n) is 3.37. The summed E-state index contributed by atoms with van der Waals surface area (Å²) in [6.45, 7) is 6.18. The van der Waals surface area contributed by atoms with Gasteiger partial charge in [-0.25, -0.2) is 5.43 Å². The van der Waals surface area contributed by atoms with Crippen molar-refractivity contribution in [3.63, 3.8) is 0 Å². The van der Waals surface area contributed by atoms with Crippen LogP contribution < -0.4 is 15.6 Å². The van der Waals surface area contributed by atoms with Gasteiger partial charge in [-0.15, -0.1) is 0 Å². The summed E-state index contributed by atoms with van der Waals surface area (Å²) < 4.78 is 11.5. The maximum absolute atomic E-state index is 11.3. The summed E-state index contributed by atoms with van der Waals surface area (Å²) in [4.78, 5) is 11.3. The van der Waals surface area contributed by atoms with Crippen LogP contribution in [0.4, 0.5) is 0 Å². The number of allylic oxidation sites excluding steroid dienone is 1. The Morgan fingerprint density at radius 1 is 1.00 bits per heavy atom. The normalized spacial score (nSPS) is 16.2. The standard InChI is InChI=1S/C24H30N2O3/c1-18(2)24-22(23(16-27)25-26-24)15-19-9-11-21(12-10-19)29-14-6-13-28-17-20-7-4-3-5-8-20/h3-5,7-12,16,18,23,25-26H,6,13-15,17H2,1-2H3. The van der Waals surface area contributed by atoms with Crippen LogP contribution in [0, 0.1) is 5.92 Å². The summed E-state index contributed by atoms with van der Waals surface area (Å²) in [6, 6.07) is 18.0. The number of nitrogens with one attached hydrogen (secondary N) is 2. The van der Waals surface area contributed by atoms with E-state index in [-0.39, 0.29) is 6.04 Å². The zero-order valence-electron chi connectivity index (χ0n) is 17.2. The quantitative estimate of drug-likeness (QED) is 0.448. The first-order valence-electron chi connectivity index (χ1n) is 10.2. The molecule has 154 valence electrons. The van der Waals surface area contributed by atoms with Gasteiger partial charge in [0.25, 0.3) is 0 Å². The topological polar surface area (TPSA) is 59.6 Å². The first-order valence-corrected chi connectivity index (χ1v) is 10.2. The van der Waals surface area contributed by atoms with Crippen molar-refractivity contribution in [2.75, 3.05) is 13.2 Å². The van der Waals surface area contributed by atoms with Crippen molar-refractivity contribution in [3.8, 4) is 5.75 Å². The van der Waals surface area contributed by atoms with Gasteiger partial charge < -0.3 is 19.7 Å². The number of carbonyl (C=O) groups excluding carboxylic acids is 1. The van der Waals surface area contributed by atoms with E-state index >= 15 is 0 Å². The number of benzene rings is 2. The highest BCUT2D eigenvalue weighted by molar-refractivity contribution is 5.65. The van der Waals surface area contributed by atoms with Gasteiger partial charge in [0.15, 0.2) is 0 Å². The molecule has 1 unspecified atom stereocenters. The van der Waals surface area contributed by atoms with Crippen LogP contribution in [0.15, 0.2) is 65.9 Å². The number of hydrogen-bond acceptors (Lipinski definition) is 5. The first kappa shape index (κ1) is 21.1. The minimum atomic E-state index is -0.265. The molecule has 0 spiro atoms. The van der Waals surface area contributed by atoms with E-state index < -0.39 is 0 Å². The second kappa shape index (κ2) is 10.8. The van der Waals surface area contributed by atoms with Crippen LogP contribution in [-0.4, -0.2) is 25.5 Å². The summed E-state index contributed by atoms with van der Waals surface area (Å²) in [5.41, 5.74) is 10.8. The van der Waals surface area contributed by atoms with Crippen LogP contribution in [0.2, 0.25) is 0 Å².